The Bertz CT molecular complexity index is 665. The van der Waals surface area contributed by atoms with Crippen LogP contribution in [0.15, 0.2) is 60.7 Å². The zero-order chi connectivity index (χ0) is 19.1. The van der Waals surface area contributed by atoms with Gasteiger partial charge in [0.15, 0.2) is 6.29 Å². The molecule has 1 aliphatic rings. The molecular formula is C21H26O6. The summed E-state index contributed by atoms with van der Waals surface area (Å²) >= 11 is 0. The second kappa shape index (κ2) is 9.94. The second-order valence-corrected chi connectivity index (χ2v) is 6.52. The molecule has 0 saturated carbocycles. The summed E-state index contributed by atoms with van der Waals surface area (Å²) in [4.78, 5) is 0. The van der Waals surface area contributed by atoms with Crippen molar-refractivity contribution < 1.29 is 29.2 Å². The summed E-state index contributed by atoms with van der Waals surface area (Å²) in [5.41, 5.74) is 1.98. The fourth-order valence-corrected chi connectivity index (χ4v) is 3.13. The van der Waals surface area contributed by atoms with E-state index in [4.69, 9.17) is 18.9 Å². The molecule has 0 aliphatic carbocycles. The average Bonchev–Trinajstić information content (AvgIpc) is 2.70. The standard InChI is InChI=1S/C21H26O6/c1-24-19-18(22)17(14-25-12-15-8-4-2-5-9-15)27-21(23)20(19)26-13-16-10-6-3-7-11-16/h2-11,17-23H,12-14H2,1H3/t17-,18-,19+,20-,21+/m1/s1. The van der Waals surface area contributed by atoms with Gasteiger partial charge in [-0.15, -0.1) is 0 Å². The summed E-state index contributed by atoms with van der Waals surface area (Å²) < 4.78 is 22.4. The Labute approximate surface area is 159 Å². The van der Waals surface area contributed by atoms with Crippen LogP contribution >= 0.6 is 0 Å². The molecule has 0 bridgehead atoms. The lowest BCUT2D eigenvalue weighted by molar-refractivity contribution is -0.304. The largest absolute Gasteiger partial charge is 0.387 e. The molecule has 1 saturated heterocycles. The number of benzene rings is 2. The summed E-state index contributed by atoms with van der Waals surface area (Å²) in [5, 5.41) is 20.9. The Morgan fingerprint density at radius 2 is 1.44 bits per heavy atom. The van der Waals surface area contributed by atoms with Gasteiger partial charge < -0.3 is 29.2 Å². The maximum atomic E-state index is 10.6. The molecule has 0 spiro atoms. The highest BCUT2D eigenvalue weighted by molar-refractivity contribution is 5.14. The fourth-order valence-electron chi connectivity index (χ4n) is 3.13. The van der Waals surface area contributed by atoms with Crippen molar-refractivity contribution in [3.63, 3.8) is 0 Å². The van der Waals surface area contributed by atoms with Crippen molar-refractivity contribution >= 4 is 0 Å². The van der Waals surface area contributed by atoms with Crippen LogP contribution in [0, 0.1) is 0 Å². The molecule has 0 radical (unpaired) electrons. The molecule has 146 valence electrons. The van der Waals surface area contributed by atoms with Gasteiger partial charge in [-0.3, -0.25) is 0 Å². The molecule has 5 atom stereocenters. The molecule has 6 nitrogen and oxygen atoms in total. The highest BCUT2D eigenvalue weighted by Crippen LogP contribution is 2.25. The molecule has 2 aromatic rings. The van der Waals surface area contributed by atoms with E-state index in [9.17, 15) is 10.2 Å². The Balaban J connectivity index is 1.54. The molecule has 0 amide bonds. The van der Waals surface area contributed by atoms with Crippen molar-refractivity contribution in [2.75, 3.05) is 13.7 Å². The maximum Gasteiger partial charge on any atom is 0.184 e. The highest BCUT2D eigenvalue weighted by Gasteiger charge is 2.45. The van der Waals surface area contributed by atoms with Gasteiger partial charge in [-0.25, -0.2) is 0 Å². The van der Waals surface area contributed by atoms with Crippen LogP contribution in [-0.4, -0.2) is 54.6 Å². The van der Waals surface area contributed by atoms with Gasteiger partial charge in [0.25, 0.3) is 0 Å². The SMILES string of the molecule is CO[C@H]1[C@H](O)[C@@H](COCc2ccccc2)O[C@H](O)[C@@H]1OCc1ccccc1. The van der Waals surface area contributed by atoms with Crippen molar-refractivity contribution in [2.45, 2.75) is 43.9 Å². The number of aliphatic hydroxyl groups excluding tert-OH is 2. The van der Waals surface area contributed by atoms with E-state index in [1.165, 1.54) is 7.11 Å². The van der Waals surface area contributed by atoms with Crippen LogP contribution in [0.4, 0.5) is 0 Å². The van der Waals surface area contributed by atoms with Crippen molar-refractivity contribution in [1.82, 2.24) is 0 Å². The molecule has 27 heavy (non-hydrogen) atoms. The Morgan fingerprint density at radius 1 is 0.852 bits per heavy atom. The lowest BCUT2D eigenvalue weighted by atomic mass is 9.99. The van der Waals surface area contributed by atoms with Crippen LogP contribution in [0.25, 0.3) is 0 Å². The molecular weight excluding hydrogens is 348 g/mol. The van der Waals surface area contributed by atoms with E-state index < -0.39 is 30.7 Å². The van der Waals surface area contributed by atoms with Gasteiger partial charge in [0, 0.05) is 7.11 Å². The van der Waals surface area contributed by atoms with Crippen LogP contribution in [0.5, 0.6) is 0 Å². The van der Waals surface area contributed by atoms with Gasteiger partial charge in [0.1, 0.15) is 24.4 Å². The van der Waals surface area contributed by atoms with Crippen LogP contribution in [-0.2, 0) is 32.2 Å². The summed E-state index contributed by atoms with van der Waals surface area (Å²) in [7, 11) is 1.48. The van der Waals surface area contributed by atoms with Gasteiger partial charge in [-0.2, -0.15) is 0 Å². The number of hydrogen-bond donors (Lipinski definition) is 2. The van der Waals surface area contributed by atoms with E-state index in [2.05, 4.69) is 0 Å². The maximum absolute atomic E-state index is 10.6. The summed E-state index contributed by atoms with van der Waals surface area (Å²) in [6.45, 7) is 0.821. The first-order valence-corrected chi connectivity index (χ1v) is 9.00. The number of aliphatic hydroxyl groups is 2. The van der Waals surface area contributed by atoms with Gasteiger partial charge >= 0.3 is 0 Å². The fraction of sp³-hybridized carbons (Fsp3) is 0.429. The number of rotatable bonds is 8. The first kappa shape index (κ1) is 19.9. The zero-order valence-corrected chi connectivity index (χ0v) is 15.3. The summed E-state index contributed by atoms with van der Waals surface area (Å²) in [6.07, 6.45) is -4.41. The molecule has 1 fully saturated rings. The highest BCUT2D eigenvalue weighted by atomic mass is 16.7. The molecule has 2 aromatic carbocycles. The van der Waals surface area contributed by atoms with Gasteiger partial charge in [-0.05, 0) is 11.1 Å². The lowest BCUT2D eigenvalue weighted by Gasteiger charge is -2.41. The van der Waals surface area contributed by atoms with Crippen molar-refractivity contribution in [1.29, 1.82) is 0 Å². The van der Waals surface area contributed by atoms with Gasteiger partial charge in [0.05, 0.1) is 19.8 Å². The third-order valence-corrected chi connectivity index (χ3v) is 4.59. The summed E-state index contributed by atoms with van der Waals surface area (Å²) in [5.74, 6) is 0. The van der Waals surface area contributed by atoms with Crippen LogP contribution in [0.3, 0.4) is 0 Å². The second-order valence-electron chi connectivity index (χ2n) is 6.52. The van der Waals surface area contributed by atoms with Gasteiger partial charge in [-0.1, -0.05) is 60.7 Å². The third-order valence-electron chi connectivity index (χ3n) is 4.59. The predicted molar refractivity (Wildman–Crippen MR) is 98.8 cm³/mol. The Hall–Kier alpha value is -1.80. The molecule has 2 N–H and O–H groups in total. The third kappa shape index (κ3) is 5.35. The topological polar surface area (TPSA) is 77.4 Å². The van der Waals surface area contributed by atoms with E-state index in [0.29, 0.717) is 6.61 Å². The first-order valence-electron chi connectivity index (χ1n) is 9.00. The van der Waals surface area contributed by atoms with E-state index >= 15 is 0 Å². The molecule has 1 heterocycles. The van der Waals surface area contributed by atoms with Crippen molar-refractivity contribution in [2.24, 2.45) is 0 Å². The van der Waals surface area contributed by atoms with Crippen LogP contribution in [0.1, 0.15) is 11.1 Å². The number of ether oxygens (including phenoxy) is 4. The zero-order valence-electron chi connectivity index (χ0n) is 15.3. The van der Waals surface area contributed by atoms with Gasteiger partial charge in [0.2, 0.25) is 0 Å². The summed E-state index contributed by atoms with van der Waals surface area (Å²) in [6, 6.07) is 19.3. The monoisotopic (exact) mass is 374 g/mol. The molecule has 0 aromatic heterocycles. The Kier molecular flexibility index (Phi) is 7.34. The Morgan fingerprint density at radius 3 is 2.04 bits per heavy atom. The molecule has 1 aliphatic heterocycles. The van der Waals surface area contributed by atoms with Crippen molar-refractivity contribution in [3.8, 4) is 0 Å². The molecule has 3 rings (SSSR count). The minimum atomic E-state index is -1.22. The number of hydrogen-bond acceptors (Lipinski definition) is 6. The van der Waals surface area contributed by atoms with E-state index in [1.807, 2.05) is 60.7 Å². The minimum Gasteiger partial charge on any atom is -0.387 e. The molecule has 0 unspecified atom stereocenters. The smallest absolute Gasteiger partial charge is 0.184 e. The van der Waals surface area contributed by atoms with Crippen molar-refractivity contribution in [3.05, 3.63) is 71.8 Å². The van der Waals surface area contributed by atoms with Crippen LogP contribution in [0.2, 0.25) is 0 Å². The normalized spacial score (nSPS) is 28.2. The number of methoxy groups -OCH3 is 1. The quantitative estimate of drug-likeness (QED) is 0.735. The van der Waals surface area contributed by atoms with E-state index in [1.54, 1.807) is 0 Å². The van der Waals surface area contributed by atoms with E-state index in [0.717, 1.165) is 11.1 Å². The van der Waals surface area contributed by atoms with E-state index in [-0.39, 0.29) is 13.2 Å². The first-order chi connectivity index (χ1) is 13.2. The lowest BCUT2D eigenvalue weighted by Crippen LogP contribution is -2.60. The average molecular weight is 374 g/mol. The molecule has 6 heteroatoms. The van der Waals surface area contributed by atoms with Crippen LogP contribution < -0.4 is 0 Å². The minimum absolute atomic E-state index is 0.137. The predicted octanol–water partition coefficient (Wildman–Crippen LogP) is 1.88.